The van der Waals surface area contributed by atoms with E-state index in [4.69, 9.17) is 9.47 Å². The summed E-state index contributed by atoms with van der Waals surface area (Å²) < 4.78 is 12.8. The summed E-state index contributed by atoms with van der Waals surface area (Å²) in [7, 11) is 1.59. The molecule has 0 spiro atoms. The summed E-state index contributed by atoms with van der Waals surface area (Å²) in [6.45, 7) is 6.42. The van der Waals surface area contributed by atoms with Crippen LogP contribution in [0.1, 0.15) is 33.4 Å². The van der Waals surface area contributed by atoms with Crippen LogP contribution in [-0.2, 0) is 0 Å². The van der Waals surface area contributed by atoms with Crippen LogP contribution in [0.4, 0.5) is 0 Å². The molecule has 32 heavy (non-hydrogen) atoms. The first kappa shape index (κ1) is 21.6. The fraction of sp³-hybridized carbons (Fsp3) is 0.208. The molecule has 0 fully saturated rings. The second kappa shape index (κ2) is 9.23. The minimum absolute atomic E-state index is 0.288. The summed E-state index contributed by atoms with van der Waals surface area (Å²) in [5.41, 5.74) is 6.25. The molecule has 3 aromatic heterocycles. The van der Waals surface area contributed by atoms with E-state index < -0.39 is 0 Å². The van der Waals surface area contributed by atoms with Gasteiger partial charge in [0.15, 0.2) is 11.5 Å². The number of aromatic nitrogens is 2. The third-order valence-electron chi connectivity index (χ3n) is 4.90. The maximum atomic E-state index is 13.1. The minimum Gasteiger partial charge on any atom is -0.493 e. The lowest BCUT2D eigenvalue weighted by atomic mass is 10.1. The van der Waals surface area contributed by atoms with Crippen molar-refractivity contribution in [1.82, 2.24) is 15.0 Å². The van der Waals surface area contributed by atoms with Gasteiger partial charge < -0.3 is 14.0 Å². The van der Waals surface area contributed by atoms with Crippen molar-refractivity contribution < 1.29 is 14.3 Å². The molecule has 0 unspecified atom stereocenters. The topological polar surface area (TPSA) is 77.7 Å². The van der Waals surface area contributed by atoms with Gasteiger partial charge in [0.1, 0.15) is 9.71 Å². The van der Waals surface area contributed by atoms with Gasteiger partial charge in [-0.1, -0.05) is 0 Å². The minimum atomic E-state index is -0.288. The van der Waals surface area contributed by atoms with Crippen LogP contribution in [0.25, 0.3) is 15.9 Å². The molecule has 1 aromatic carbocycles. The third-order valence-corrected chi connectivity index (χ3v) is 5.97. The van der Waals surface area contributed by atoms with Crippen LogP contribution in [0.5, 0.6) is 11.5 Å². The second-order valence-corrected chi connectivity index (χ2v) is 8.17. The molecule has 0 saturated heterocycles. The quantitative estimate of drug-likeness (QED) is 0.323. The molecule has 1 amide bonds. The molecule has 0 saturated carbocycles. The van der Waals surface area contributed by atoms with Gasteiger partial charge in [0, 0.05) is 23.5 Å². The Morgan fingerprint density at radius 2 is 2.00 bits per heavy atom. The number of hydrogen-bond acceptors (Lipinski definition) is 6. The molecule has 0 aliphatic heterocycles. The van der Waals surface area contributed by atoms with E-state index in [0.29, 0.717) is 23.0 Å². The van der Waals surface area contributed by atoms with Gasteiger partial charge >= 0.3 is 0 Å². The van der Waals surface area contributed by atoms with Crippen LogP contribution in [0.2, 0.25) is 0 Å². The Bertz CT molecular complexity index is 1290. The first-order valence-corrected chi connectivity index (χ1v) is 11.0. The highest BCUT2D eigenvalue weighted by Gasteiger charge is 2.22. The van der Waals surface area contributed by atoms with E-state index >= 15 is 0 Å². The highest BCUT2D eigenvalue weighted by Crippen LogP contribution is 2.35. The maximum Gasteiger partial charge on any atom is 0.283 e. The molecule has 1 N–H and O–H groups in total. The number of nitrogens with zero attached hydrogens (tertiary/aromatic N) is 3. The summed E-state index contributed by atoms with van der Waals surface area (Å²) in [5.74, 6) is 0.984. The number of thiophene rings is 1. The number of hydrogen-bond donors (Lipinski definition) is 1. The average molecular weight is 449 g/mol. The van der Waals surface area contributed by atoms with Gasteiger partial charge in [-0.15, -0.1) is 11.3 Å². The summed E-state index contributed by atoms with van der Waals surface area (Å²) in [4.78, 5) is 19.1. The zero-order chi connectivity index (χ0) is 22.7. The van der Waals surface area contributed by atoms with Gasteiger partial charge in [0.25, 0.3) is 5.91 Å². The highest BCUT2D eigenvalue weighted by atomic mass is 32.1. The number of carbonyl (C=O) groups excluding carboxylic acids is 1. The largest absolute Gasteiger partial charge is 0.493 e. The van der Waals surface area contributed by atoms with E-state index in [2.05, 4.69) is 15.5 Å². The van der Waals surface area contributed by atoms with Crippen molar-refractivity contribution >= 4 is 33.7 Å². The van der Waals surface area contributed by atoms with Gasteiger partial charge in [-0.2, -0.15) is 5.10 Å². The standard InChI is InChI=1S/C24H24N4O3S/c1-5-31-19-13-17(8-9-18(19)30-4)14-25-27-23(29)22-21(28-10-6-7-11-28)20-15(2)12-16(3)26-24(20)32-22/h6-14H,5H2,1-4H3,(H,27,29). The number of carbonyl (C=O) groups is 1. The van der Waals surface area contributed by atoms with Gasteiger partial charge in [-0.3, -0.25) is 4.79 Å². The predicted octanol–water partition coefficient (Wildman–Crippen LogP) is 4.88. The van der Waals surface area contributed by atoms with Crippen molar-refractivity contribution in [2.24, 2.45) is 5.10 Å². The average Bonchev–Trinajstić information content (AvgIpc) is 3.42. The molecular weight excluding hydrogens is 424 g/mol. The lowest BCUT2D eigenvalue weighted by Gasteiger charge is -2.09. The molecule has 164 valence electrons. The molecule has 0 atom stereocenters. The van der Waals surface area contributed by atoms with E-state index in [1.165, 1.54) is 11.3 Å². The number of fused-ring (bicyclic) bond motifs is 1. The lowest BCUT2D eigenvalue weighted by Crippen LogP contribution is -2.18. The zero-order valence-electron chi connectivity index (χ0n) is 18.4. The number of amides is 1. The van der Waals surface area contributed by atoms with Crippen molar-refractivity contribution in [3.8, 4) is 17.2 Å². The van der Waals surface area contributed by atoms with Gasteiger partial charge in [-0.25, -0.2) is 10.4 Å². The van der Waals surface area contributed by atoms with Crippen LogP contribution in [0, 0.1) is 13.8 Å². The Kier molecular flexibility index (Phi) is 6.23. The molecular formula is C24H24N4O3S. The number of pyridine rings is 1. The van der Waals surface area contributed by atoms with Crippen molar-refractivity contribution in [1.29, 1.82) is 0 Å². The SMILES string of the molecule is CCOc1cc(C=NNC(=O)c2sc3nc(C)cc(C)c3c2-n2cccc2)ccc1OC. The predicted molar refractivity (Wildman–Crippen MR) is 128 cm³/mol. The number of rotatable bonds is 7. The smallest absolute Gasteiger partial charge is 0.283 e. The number of benzene rings is 1. The first-order chi connectivity index (χ1) is 15.5. The fourth-order valence-electron chi connectivity index (χ4n) is 3.56. The summed E-state index contributed by atoms with van der Waals surface area (Å²) in [5, 5.41) is 5.14. The molecule has 0 bridgehead atoms. The number of methoxy groups -OCH3 is 1. The fourth-order valence-corrected chi connectivity index (χ4v) is 4.75. The summed E-state index contributed by atoms with van der Waals surface area (Å²) in [6.07, 6.45) is 5.43. The third kappa shape index (κ3) is 4.22. The van der Waals surface area contributed by atoms with E-state index in [1.807, 2.05) is 68.1 Å². The van der Waals surface area contributed by atoms with Crippen LogP contribution in [-0.4, -0.2) is 35.4 Å². The molecule has 8 heteroatoms. The maximum absolute atomic E-state index is 13.1. The molecule has 7 nitrogen and oxygen atoms in total. The van der Waals surface area contributed by atoms with E-state index in [-0.39, 0.29) is 5.91 Å². The first-order valence-electron chi connectivity index (χ1n) is 10.2. The van der Waals surface area contributed by atoms with Crippen LogP contribution >= 0.6 is 11.3 Å². The van der Waals surface area contributed by atoms with Crippen LogP contribution in [0.15, 0.2) is 53.9 Å². The Hall–Kier alpha value is -3.65. The number of hydrazone groups is 1. The van der Waals surface area contributed by atoms with Crippen LogP contribution in [0.3, 0.4) is 0 Å². The lowest BCUT2D eigenvalue weighted by molar-refractivity contribution is 0.0959. The molecule has 0 aliphatic carbocycles. The van der Waals surface area contributed by atoms with Crippen molar-refractivity contribution in [3.05, 3.63) is 70.5 Å². The summed E-state index contributed by atoms with van der Waals surface area (Å²) in [6, 6.07) is 11.4. The molecule has 0 radical (unpaired) electrons. The Morgan fingerprint density at radius 1 is 1.22 bits per heavy atom. The summed E-state index contributed by atoms with van der Waals surface area (Å²) >= 11 is 1.36. The van der Waals surface area contributed by atoms with E-state index in [9.17, 15) is 4.79 Å². The molecule has 0 aliphatic rings. The van der Waals surface area contributed by atoms with Gasteiger partial charge in [0.2, 0.25) is 0 Å². The van der Waals surface area contributed by atoms with Crippen molar-refractivity contribution in [3.63, 3.8) is 0 Å². The van der Waals surface area contributed by atoms with E-state index in [1.54, 1.807) is 19.4 Å². The molecule has 4 aromatic rings. The second-order valence-electron chi connectivity index (χ2n) is 7.17. The van der Waals surface area contributed by atoms with Gasteiger partial charge in [-0.05, 0) is 68.3 Å². The number of nitrogens with one attached hydrogen (secondary N) is 1. The molecule has 3 heterocycles. The highest BCUT2D eigenvalue weighted by molar-refractivity contribution is 7.21. The number of ether oxygens (including phenoxy) is 2. The normalized spacial score (nSPS) is 11.2. The van der Waals surface area contributed by atoms with Crippen molar-refractivity contribution in [2.75, 3.05) is 13.7 Å². The van der Waals surface area contributed by atoms with Crippen LogP contribution < -0.4 is 14.9 Å². The number of aryl methyl sites for hydroxylation is 2. The zero-order valence-corrected chi connectivity index (χ0v) is 19.2. The Balaban J connectivity index is 1.64. The Morgan fingerprint density at radius 3 is 2.72 bits per heavy atom. The molecule has 4 rings (SSSR count). The monoisotopic (exact) mass is 448 g/mol. The van der Waals surface area contributed by atoms with Gasteiger partial charge in [0.05, 0.1) is 25.6 Å². The van der Waals surface area contributed by atoms with E-state index in [0.717, 1.165) is 32.7 Å². The van der Waals surface area contributed by atoms with Crippen molar-refractivity contribution in [2.45, 2.75) is 20.8 Å². The Labute approximate surface area is 190 Å².